The van der Waals surface area contributed by atoms with E-state index in [4.69, 9.17) is 0 Å². The molecular formula is C11H19NO. The van der Waals surface area contributed by atoms with Gasteiger partial charge in [-0.15, -0.1) is 0 Å². The van der Waals surface area contributed by atoms with E-state index in [0.717, 1.165) is 6.54 Å². The monoisotopic (exact) mass is 181 g/mol. The van der Waals surface area contributed by atoms with Crippen molar-refractivity contribution < 1.29 is 4.79 Å². The smallest absolute Gasteiger partial charge is 0.243 e. The molecule has 1 fully saturated rings. The van der Waals surface area contributed by atoms with E-state index in [2.05, 4.69) is 25.7 Å². The molecule has 0 spiro atoms. The molecule has 0 heterocycles. The minimum absolute atomic E-state index is 0.0531. The summed E-state index contributed by atoms with van der Waals surface area (Å²) in [7, 11) is 0. The lowest BCUT2D eigenvalue weighted by atomic mass is 9.82. The van der Waals surface area contributed by atoms with Crippen LogP contribution in [0, 0.1) is 11.3 Å². The van der Waals surface area contributed by atoms with Crippen LogP contribution in [0.5, 0.6) is 0 Å². The van der Waals surface area contributed by atoms with Gasteiger partial charge in [-0.1, -0.05) is 26.8 Å². The summed E-state index contributed by atoms with van der Waals surface area (Å²) < 4.78 is 0. The first kappa shape index (κ1) is 10.3. The average molecular weight is 181 g/mol. The van der Waals surface area contributed by atoms with Crippen LogP contribution < -0.4 is 5.32 Å². The molecule has 1 N–H and O–H groups in total. The fourth-order valence-electron chi connectivity index (χ4n) is 2.07. The van der Waals surface area contributed by atoms with Crippen LogP contribution in [0.2, 0.25) is 0 Å². The topological polar surface area (TPSA) is 29.1 Å². The van der Waals surface area contributed by atoms with Crippen LogP contribution in [-0.2, 0) is 4.79 Å². The van der Waals surface area contributed by atoms with Crippen LogP contribution in [0.3, 0.4) is 0 Å². The van der Waals surface area contributed by atoms with E-state index in [9.17, 15) is 4.79 Å². The first-order chi connectivity index (χ1) is 6.06. The molecule has 1 atom stereocenters. The highest BCUT2D eigenvalue weighted by atomic mass is 16.1. The van der Waals surface area contributed by atoms with E-state index in [-0.39, 0.29) is 5.91 Å². The van der Waals surface area contributed by atoms with Crippen molar-refractivity contribution in [1.82, 2.24) is 5.32 Å². The molecule has 1 rings (SSSR count). The molecule has 0 saturated heterocycles. The summed E-state index contributed by atoms with van der Waals surface area (Å²) in [5.41, 5.74) is 0.397. The zero-order valence-electron chi connectivity index (χ0n) is 8.60. The van der Waals surface area contributed by atoms with Gasteiger partial charge in [0.2, 0.25) is 5.91 Å². The lowest BCUT2D eigenvalue weighted by Crippen LogP contribution is -2.32. The van der Waals surface area contributed by atoms with E-state index in [1.54, 1.807) is 0 Å². The molecule has 0 radical (unpaired) electrons. The zero-order valence-corrected chi connectivity index (χ0v) is 8.60. The summed E-state index contributed by atoms with van der Waals surface area (Å²) >= 11 is 0. The molecule has 1 amide bonds. The van der Waals surface area contributed by atoms with Crippen molar-refractivity contribution in [3.05, 3.63) is 12.7 Å². The predicted octanol–water partition coefficient (Wildman–Crippen LogP) is 2.11. The van der Waals surface area contributed by atoms with E-state index in [1.807, 2.05) is 0 Å². The first-order valence-electron chi connectivity index (χ1n) is 4.96. The van der Waals surface area contributed by atoms with Gasteiger partial charge in [-0.3, -0.25) is 4.79 Å². The van der Waals surface area contributed by atoms with E-state index in [0.29, 0.717) is 11.3 Å². The lowest BCUT2D eigenvalue weighted by Gasteiger charge is -2.26. The second-order valence-electron chi connectivity index (χ2n) is 4.53. The van der Waals surface area contributed by atoms with Crippen LogP contribution in [-0.4, -0.2) is 12.5 Å². The van der Waals surface area contributed by atoms with Crippen LogP contribution in [0.4, 0.5) is 0 Å². The van der Waals surface area contributed by atoms with Gasteiger partial charge >= 0.3 is 0 Å². The summed E-state index contributed by atoms with van der Waals surface area (Å²) in [5, 5.41) is 2.87. The number of carbonyl (C=O) groups excluding carboxylic acids is 1. The second-order valence-corrected chi connectivity index (χ2v) is 4.53. The van der Waals surface area contributed by atoms with Gasteiger partial charge in [-0.05, 0) is 30.3 Å². The minimum atomic E-state index is -0.0531. The van der Waals surface area contributed by atoms with Crippen LogP contribution in [0.1, 0.15) is 33.1 Å². The van der Waals surface area contributed by atoms with Gasteiger partial charge in [0.05, 0.1) is 0 Å². The van der Waals surface area contributed by atoms with Gasteiger partial charge in [0.25, 0.3) is 0 Å². The van der Waals surface area contributed by atoms with Gasteiger partial charge in [0.1, 0.15) is 0 Å². The maximum absolute atomic E-state index is 11.0. The Bertz CT molecular complexity index is 208. The molecule has 2 nitrogen and oxygen atoms in total. The highest BCUT2D eigenvalue weighted by molar-refractivity contribution is 5.86. The van der Waals surface area contributed by atoms with Crippen LogP contribution in [0.25, 0.3) is 0 Å². The third kappa shape index (κ3) is 2.58. The molecule has 1 aliphatic carbocycles. The van der Waals surface area contributed by atoms with E-state index in [1.165, 1.54) is 25.3 Å². The maximum atomic E-state index is 11.0. The molecule has 1 aliphatic rings. The Kier molecular flexibility index (Phi) is 3.12. The standard InChI is InChI=1S/C11H19NO/c1-4-10(13)12-8-9-6-5-7-11(9,2)3/h4,9H,1,5-8H2,2-3H3,(H,12,13). The number of hydrogen-bond acceptors (Lipinski definition) is 1. The number of nitrogens with one attached hydrogen (secondary N) is 1. The highest BCUT2D eigenvalue weighted by Gasteiger charge is 2.33. The fraction of sp³-hybridized carbons (Fsp3) is 0.727. The Hall–Kier alpha value is -0.790. The first-order valence-corrected chi connectivity index (χ1v) is 4.96. The van der Waals surface area contributed by atoms with Gasteiger partial charge in [0.15, 0.2) is 0 Å². The van der Waals surface area contributed by atoms with Crippen molar-refractivity contribution in [3.63, 3.8) is 0 Å². The second kappa shape index (κ2) is 3.95. The number of hydrogen-bond donors (Lipinski definition) is 1. The quantitative estimate of drug-likeness (QED) is 0.664. The summed E-state index contributed by atoms with van der Waals surface area (Å²) in [6.07, 6.45) is 5.15. The Labute approximate surface area is 80.4 Å². The average Bonchev–Trinajstić information content (AvgIpc) is 2.41. The van der Waals surface area contributed by atoms with Crippen molar-refractivity contribution in [2.45, 2.75) is 33.1 Å². The van der Waals surface area contributed by atoms with Crippen molar-refractivity contribution in [2.75, 3.05) is 6.54 Å². The van der Waals surface area contributed by atoms with E-state index >= 15 is 0 Å². The zero-order chi connectivity index (χ0) is 9.90. The molecule has 0 bridgehead atoms. The van der Waals surface area contributed by atoms with Gasteiger partial charge < -0.3 is 5.32 Å². The molecule has 0 aromatic rings. The molecule has 0 aromatic heterocycles. The summed E-state index contributed by atoms with van der Waals surface area (Å²) in [6, 6.07) is 0. The summed E-state index contributed by atoms with van der Waals surface area (Å²) in [5.74, 6) is 0.582. The van der Waals surface area contributed by atoms with Crippen molar-refractivity contribution in [2.24, 2.45) is 11.3 Å². The Balaban J connectivity index is 2.37. The normalized spacial score (nSPS) is 25.5. The number of carbonyl (C=O) groups is 1. The number of amides is 1. The summed E-state index contributed by atoms with van der Waals surface area (Å²) in [6.45, 7) is 8.80. The van der Waals surface area contributed by atoms with Crippen LogP contribution >= 0.6 is 0 Å². The predicted molar refractivity (Wildman–Crippen MR) is 54.3 cm³/mol. The fourth-order valence-corrected chi connectivity index (χ4v) is 2.07. The van der Waals surface area contributed by atoms with Crippen molar-refractivity contribution in [1.29, 1.82) is 0 Å². The number of rotatable bonds is 3. The Morgan fingerprint density at radius 1 is 1.69 bits per heavy atom. The molecule has 0 aliphatic heterocycles. The van der Waals surface area contributed by atoms with Gasteiger partial charge in [-0.25, -0.2) is 0 Å². The molecule has 2 heteroatoms. The van der Waals surface area contributed by atoms with Gasteiger partial charge in [0, 0.05) is 6.54 Å². The van der Waals surface area contributed by atoms with Crippen LogP contribution in [0.15, 0.2) is 12.7 Å². The molecule has 74 valence electrons. The van der Waals surface area contributed by atoms with Crippen molar-refractivity contribution >= 4 is 5.91 Å². The maximum Gasteiger partial charge on any atom is 0.243 e. The Morgan fingerprint density at radius 3 is 2.85 bits per heavy atom. The van der Waals surface area contributed by atoms with E-state index < -0.39 is 0 Å². The molecule has 1 unspecified atom stereocenters. The molecule has 13 heavy (non-hydrogen) atoms. The third-order valence-electron chi connectivity index (χ3n) is 3.19. The van der Waals surface area contributed by atoms with Gasteiger partial charge in [-0.2, -0.15) is 0 Å². The largest absolute Gasteiger partial charge is 0.352 e. The third-order valence-corrected chi connectivity index (χ3v) is 3.19. The molecule has 1 saturated carbocycles. The summed E-state index contributed by atoms with van der Waals surface area (Å²) in [4.78, 5) is 11.0. The molecular weight excluding hydrogens is 162 g/mol. The Morgan fingerprint density at radius 2 is 2.38 bits per heavy atom. The highest BCUT2D eigenvalue weighted by Crippen LogP contribution is 2.41. The van der Waals surface area contributed by atoms with Crippen molar-refractivity contribution in [3.8, 4) is 0 Å². The minimum Gasteiger partial charge on any atom is -0.352 e. The molecule has 0 aromatic carbocycles. The SMILES string of the molecule is C=CC(=O)NCC1CCCC1(C)C. The lowest BCUT2D eigenvalue weighted by molar-refractivity contribution is -0.116.